The van der Waals surface area contributed by atoms with E-state index in [1.165, 1.54) is 12.1 Å². The van der Waals surface area contributed by atoms with E-state index in [4.69, 9.17) is 4.74 Å². The van der Waals surface area contributed by atoms with Crippen molar-refractivity contribution in [2.75, 3.05) is 6.61 Å². The summed E-state index contributed by atoms with van der Waals surface area (Å²) in [6.45, 7) is 0.837. The molecule has 1 atom stereocenters. The van der Waals surface area contributed by atoms with Crippen molar-refractivity contribution in [1.29, 1.82) is 0 Å². The molecule has 0 bridgehead atoms. The van der Waals surface area contributed by atoms with E-state index >= 15 is 0 Å². The van der Waals surface area contributed by atoms with Crippen molar-refractivity contribution in [3.05, 3.63) is 34.1 Å². The summed E-state index contributed by atoms with van der Waals surface area (Å²) in [4.78, 5) is 0. The van der Waals surface area contributed by atoms with Gasteiger partial charge in [-0.25, -0.2) is 4.39 Å². The standard InChI is InChI=1S/C9H8BrFO/c10-9-4-7(11)2-1-6(9)3-8-5-12-8/h1-2,4,8H,3,5H2. The first-order valence-electron chi connectivity index (χ1n) is 3.81. The Hall–Kier alpha value is -0.410. The first-order valence-corrected chi connectivity index (χ1v) is 4.60. The smallest absolute Gasteiger partial charge is 0.124 e. The van der Waals surface area contributed by atoms with Gasteiger partial charge in [0, 0.05) is 10.9 Å². The van der Waals surface area contributed by atoms with Gasteiger partial charge in [-0.15, -0.1) is 0 Å². The number of ether oxygens (including phenoxy) is 1. The molecule has 1 aromatic rings. The van der Waals surface area contributed by atoms with Crippen LogP contribution >= 0.6 is 15.9 Å². The van der Waals surface area contributed by atoms with E-state index in [9.17, 15) is 4.39 Å². The maximum atomic E-state index is 12.6. The van der Waals surface area contributed by atoms with Gasteiger partial charge in [0.1, 0.15) is 5.82 Å². The van der Waals surface area contributed by atoms with Gasteiger partial charge in [-0.1, -0.05) is 22.0 Å². The molecule has 1 nitrogen and oxygen atoms in total. The average molecular weight is 231 g/mol. The molecular weight excluding hydrogens is 223 g/mol. The molecule has 1 saturated heterocycles. The molecule has 0 radical (unpaired) electrons. The monoisotopic (exact) mass is 230 g/mol. The lowest BCUT2D eigenvalue weighted by molar-refractivity contribution is 0.407. The van der Waals surface area contributed by atoms with E-state index in [0.717, 1.165) is 23.1 Å². The Labute approximate surface area is 78.7 Å². The quantitative estimate of drug-likeness (QED) is 0.712. The number of epoxide rings is 1. The van der Waals surface area contributed by atoms with Gasteiger partial charge < -0.3 is 4.74 Å². The lowest BCUT2D eigenvalue weighted by atomic mass is 10.1. The number of hydrogen-bond donors (Lipinski definition) is 0. The molecule has 64 valence electrons. The molecule has 1 aliphatic rings. The summed E-state index contributed by atoms with van der Waals surface area (Å²) in [5, 5.41) is 0. The Morgan fingerprint density at radius 2 is 2.33 bits per heavy atom. The second-order valence-corrected chi connectivity index (χ2v) is 3.75. The van der Waals surface area contributed by atoms with Crippen LogP contribution in [0.25, 0.3) is 0 Å². The van der Waals surface area contributed by atoms with E-state index in [2.05, 4.69) is 15.9 Å². The van der Waals surface area contributed by atoms with Gasteiger partial charge in [-0.05, 0) is 17.7 Å². The van der Waals surface area contributed by atoms with Crippen LogP contribution in [0.4, 0.5) is 4.39 Å². The minimum Gasteiger partial charge on any atom is -0.373 e. The van der Waals surface area contributed by atoms with Crippen molar-refractivity contribution in [1.82, 2.24) is 0 Å². The number of halogens is 2. The maximum absolute atomic E-state index is 12.6. The van der Waals surface area contributed by atoms with Crippen molar-refractivity contribution in [3.8, 4) is 0 Å². The van der Waals surface area contributed by atoms with E-state index < -0.39 is 0 Å². The average Bonchev–Trinajstić information content (AvgIpc) is 2.79. The summed E-state index contributed by atoms with van der Waals surface area (Å²) in [5.41, 5.74) is 1.11. The minimum absolute atomic E-state index is 0.206. The SMILES string of the molecule is Fc1ccc(CC2CO2)c(Br)c1. The molecule has 12 heavy (non-hydrogen) atoms. The molecule has 1 unspecified atom stereocenters. The molecule has 3 heteroatoms. The predicted molar refractivity (Wildman–Crippen MR) is 47.5 cm³/mol. The van der Waals surface area contributed by atoms with Gasteiger partial charge >= 0.3 is 0 Å². The van der Waals surface area contributed by atoms with Crippen molar-refractivity contribution in [2.45, 2.75) is 12.5 Å². The Morgan fingerprint density at radius 1 is 1.58 bits per heavy atom. The number of hydrogen-bond acceptors (Lipinski definition) is 1. The zero-order chi connectivity index (χ0) is 8.55. The number of rotatable bonds is 2. The molecule has 0 amide bonds. The summed E-state index contributed by atoms with van der Waals surface area (Å²) in [5.74, 6) is -0.206. The topological polar surface area (TPSA) is 12.5 Å². The zero-order valence-corrected chi connectivity index (χ0v) is 7.97. The first kappa shape index (κ1) is 8.20. The predicted octanol–water partition coefficient (Wildman–Crippen LogP) is 2.53. The highest BCUT2D eigenvalue weighted by molar-refractivity contribution is 9.10. The maximum Gasteiger partial charge on any atom is 0.124 e. The van der Waals surface area contributed by atoms with E-state index in [1.54, 1.807) is 6.07 Å². The molecule has 0 aromatic heterocycles. The summed E-state index contributed by atoms with van der Waals surface area (Å²) in [6, 6.07) is 4.75. The van der Waals surface area contributed by atoms with Gasteiger partial charge in [-0.3, -0.25) is 0 Å². The summed E-state index contributed by atoms with van der Waals surface area (Å²) >= 11 is 3.31. The lowest BCUT2D eigenvalue weighted by Gasteiger charge is -2.00. The largest absolute Gasteiger partial charge is 0.373 e. The fourth-order valence-electron chi connectivity index (χ4n) is 1.12. The molecule has 2 rings (SSSR count). The van der Waals surface area contributed by atoms with Crippen molar-refractivity contribution < 1.29 is 9.13 Å². The van der Waals surface area contributed by atoms with Crippen LogP contribution in [-0.4, -0.2) is 12.7 Å². The van der Waals surface area contributed by atoms with Gasteiger partial charge in [-0.2, -0.15) is 0 Å². The highest BCUT2D eigenvalue weighted by Gasteiger charge is 2.23. The van der Waals surface area contributed by atoms with E-state index in [-0.39, 0.29) is 5.82 Å². The van der Waals surface area contributed by atoms with Crippen LogP contribution in [0.15, 0.2) is 22.7 Å². The molecule has 0 saturated carbocycles. The lowest BCUT2D eigenvalue weighted by Crippen LogP contribution is -1.94. The first-order chi connectivity index (χ1) is 5.75. The Bertz CT molecular complexity index is 297. The van der Waals surface area contributed by atoms with Gasteiger partial charge in [0.15, 0.2) is 0 Å². The number of benzene rings is 1. The van der Waals surface area contributed by atoms with Crippen LogP contribution in [0, 0.1) is 5.82 Å². The second-order valence-electron chi connectivity index (χ2n) is 2.90. The van der Waals surface area contributed by atoms with Gasteiger partial charge in [0.2, 0.25) is 0 Å². The van der Waals surface area contributed by atoms with Gasteiger partial charge in [0.25, 0.3) is 0 Å². The molecule has 1 heterocycles. The fraction of sp³-hybridized carbons (Fsp3) is 0.333. The van der Waals surface area contributed by atoms with E-state index in [0.29, 0.717) is 6.10 Å². The van der Waals surface area contributed by atoms with E-state index in [1.807, 2.05) is 0 Å². The molecule has 0 spiro atoms. The molecule has 1 aromatic carbocycles. The Morgan fingerprint density at radius 3 is 2.92 bits per heavy atom. The minimum atomic E-state index is -0.206. The summed E-state index contributed by atoms with van der Waals surface area (Å²) in [6.07, 6.45) is 1.23. The second kappa shape index (κ2) is 3.15. The Balaban J connectivity index is 2.18. The molecular formula is C9H8BrFO. The highest BCUT2D eigenvalue weighted by Crippen LogP contribution is 2.23. The van der Waals surface area contributed by atoms with Crippen LogP contribution in [-0.2, 0) is 11.2 Å². The third-order valence-corrected chi connectivity index (χ3v) is 2.60. The third-order valence-electron chi connectivity index (χ3n) is 1.87. The summed E-state index contributed by atoms with van der Waals surface area (Å²) in [7, 11) is 0. The van der Waals surface area contributed by atoms with Crippen LogP contribution in [0.3, 0.4) is 0 Å². The summed E-state index contributed by atoms with van der Waals surface area (Å²) < 4.78 is 18.6. The van der Waals surface area contributed by atoms with Crippen LogP contribution in [0.2, 0.25) is 0 Å². The van der Waals surface area contributed by atoms with Crippen molar-refractivity contribution >= 4 is 15.9 Å². The molecule has 0 aliphatic carbocycles. The van der Waals surface area contributed by atoms with Crippen LogP contribution in [0.1, 0.15) is 5.56 Å². The molecule has 1 fully saturated rings. The van der Waals surface area contributed by atoms with Crippen LogP contribution in [0.5, 0.6) is 0 Å². The third kappa shape index (κ3) is 1.84. The van der Waals surface area contributed by atoms with Crippen molar-refractivity contribution in [2.24, 2.45) is 0 Å². The Kier molecular flexibility index (Phi) is 2.15. The normalized spacial score (nSPS) is 21.0. The molecule has 1 aliphatic heterocycles. The zero-order valence-electron chi connectivity index (χ0n) is 6.39. The molecule has 0 N–H and O–H groups in total. The fourth-order valence-corrected chi connectivity index (χ4v) is 1.63. The van der Waals surface area contributed by atoms with Gasteiger partial charge in [0.05, 0.1) is 12.7 Å². The van der Waals surface area contributed by atoms with Crippen molar-refractivity contribution in [3.63, 3.8) is 0 Å². The van der Waals surface area contributed by atoms with Crippen LogP contribution < -0.4 is 0 Å². The highest BCUT2D eigenvalue weighted by atomic mass is 79.9.